The number of hydrogen-bond acceptors (Lipinski definition) is 5. The molecule has 0 aliphatic heterocycles. The molecule has 0 saturated heterocycles. The monoisotopic (exact) mass is 371 g/mol. The molecule has 2 aromatic rings. The zero-order valence-electron chi connectivity index (χ0n) is 11.6. The first-order valence-corrected chi connectivity index (χ1v) is 7.92. The average molecular weight is 372 g/mol. The molecule has 0 unspecified atom stereocenters. The third-order valence-corrected chi connectivity index (χ3v) is 4.09. The van der Waals surface area contributed by atoms with Crippen LogP contribution in [0.3, 0.4) is 0 Å². The molecule has 0 amide bonds. The molecule has 0 aliphatic rings. The zero-order valence-corrected chi connectivity index (χ0v) is 14.0. The molecule has 7 heteroatoms. The van der Waals surface area contributed by atoms with Gasteiger partial charge in [-0.3, -0.25) is 0 Å². The smallest absolute Gasteiger partial charge is 0.335 e. The van der Waals surface area contributed by atoms with Crippen molar-refractivity contribution in [3.05, 3.63) is 38.3 Å². The number of ether oxygens (including phenoxy) is 2. The van der Waals surface area contributed by atoms with Gasteiger partial charge in [-0.25, -0.2) is 9.78 Å². The number of halogens is 1. The highest BCUT2D eigenvalue weighted by molar-refractivity contribution is 9.10. The minimum absolute atomic E-state index is 0.141. The molecule has 1 aromatic carbocycles. The van der Waals surface area contributed by atoms with E-state index in [0.717, 1.165) is 10.7 Å². The van der Waals surface area contributed by atoms with Crippen LogP contribution in [0.15, 0.2) is 22.0 Å². The standard InChI is InChI=1S/C14H14BrNO4S/c1-3-19-11-5-9(14(17)18)4-10(15)13(11)20-6-12-16-8(2)7-21-12/h4-5,7H,3,6H2,1-2H3,(H,17,18). The number of hydrogen-bond donors (Lipinski definition) is 1. The Labute approximate surface area is 134 Å². The van der Waals surface area contributed by atoms with Crippen molar-refractivity contribution in [2.75, 3.05) is 6.61 Å². The van der Waals surface area contributed by atoms with Crippen LogP contribution in [0.1, 0.15) is 28.0 Å². The van der Waals surface area contributed by atoms with Gasteiger partial charge in [-0.1, -0.05) is 0 Å². The van der Waals surface area contributed by atoms with Gasteiger partial charge in [0.15, 0.2) is 11.5 Å². The molecule has 112 valence electrons. The summed E-state index contributed by atoms with van der Waals surface area (Å²) < 4.78 is 11.7. The maximum Gasteiger partial charge on any atom is 0.335 e. The Hall–Kier alpha value is -1.60. The van der Waals surface area contributed by atoms with Crippen LogP contribution in [0.5, 0.6) is 11.5 Å². The van der Waals surface area contributed by atoms with E-state index in [9.17, 15) is 4.79 Å². The number of aromatic carboxylic acids is 1. The van der Waals surface area contributed by atoms with E-state index >= 15 is 0 Å². The predicted octanol–water partition coefficient (Wildman–Crippen LogP) is 3.89. The van der Waals surface area contributed by atoms with Crippen LogP contribution in [-0.2, 0) is 6.61 Å². The molecule has 0 spiro atoms. The number of benzene rings is 1. The van der Waals surface area contributed by atoms with E-state index in [0.29, 0.717) is 29.2 Å². The van der Waals surface area contributed by atoms with Gasteiger partial charge in [-0.15, -0.1) is 11.3 Å². The molecule has 5 nitrogen and oxygen atoms in total. The molecule has 0 bridgehead atoms. The van der Waals surface area contributed by atoms with Crippen molar-refractivity contribution in [2.24, 2.45) is 0 Å². The number of carbonyl (C=O) groups is 1. The van der Waals surface area contributed by atoms with Crippen molar-refractivity contribution >= 4 is 33.2 Å². The van der Waals surface area contributed by atoms with Crippen LogP contribution in [0.4, 0.5) is 0 Å². The first kappa shape index (κ1) is 15.8. The lowest BCUT2D eigenvalue weighted by Crippen LogP contribution is -2.03. The SMILES string of the molecule is CCOc1cc(C(=O)O)cc(Br)c1OCc1nc(C)cs1. The highest BCUT2D eigenvalue weighted by Gasteiger charge is 2.16. The number of nitrogens with zero attached hydrogens (tertiary/aromatic N) is 1. The summed E-state index contributed by atoms with van der Waals surface area (Å²) in [6, 6.07) is 2.95. The Morgan fingerprint density at radius 2 is 2.19 bits per heavy atom. The molecular weight excluding hydrogens is 358 g/mol. The van der Waals surface area contributed by atoms with Gasteiger partial charge >= 0.3 is 5.97 Å². The lowest BCUT2D eigenvalue weighted by molar-refractivity contribution is 0.0696. The van der Waals surface area contributed by atoms with Crippen molar-refractivity contribution in [3.8, 4) is 11.5 Å². The number of thiazole rings is 1. The highest BCUT2D eigenvalue weighted by Crippen LogP contribution is 2.37. The van der Waals surface area contributed by atoms with Crippen molar-refractivity contribution in [3.63, 3.8) is 0 Å². The van der Waals surface area contributed by atoms with Crippen molar-refractivity contribution in [1.29, 1.82) is 0 Å². The fraction of sp³-hybridized carbons (Fsp3) is 0.286. The molecule has 1 aromatic heterocycles. The van der Waals surface area contributed by atoms with Crippen LogP contribution in [0.25, 0.3) is 0 Å². The summed E-state index contributed by atoms with van der Waals surface area (Å²) in [6.07, 6.45) is 0. The molecule has 0 aliphatic carbocycles. The molecule has 0 saturated carbocycles. The minimum Gasteiger partial charge on any atom is -0.490 e. The fourth-order valence-corrected chi connectivity index (χ4v) is 2.94. The molecule has 1 N–H and O–H groups in total. The van der Waals surface area contributed by atoms with Gasteiger partial charge in [-0.05, 0) is 41.9 Å². The maximum absolute atomic E-state index is 11.1. The van der Waals surface area contributed by atoms with Crippen molar-refractivity contribution < 1.29 is 19.4 Å². The van der Waals surface area contributed by atoms with Gasteiger partial charge in [0.05, 0.1) is 16.6 Å². The fourth-order valence-electron chi connectivity index (χ4n) is 1.70. The number of aryl methyl sites for hydroxylation is 1. The van der Waals surface area contributed by atoms with Crippen LogP contribution in [-0.4, -0.2) is 22.7 Å². The Bertz CT molecular complexity index is 656. The van der Waals surface area contributed by atoms with Crippen LogP contribution in [0.2, 0.25) is 0 Å². The lowest BCUT2D eigenvalue weighted by Gasteiger charge is -2.13. The molecule has 21 heavy (non-hydrogen) atoms. The average Bonchev–Trinajstić information content (AvgIpc) is 2.83. The van der Waals surface area contributed by atoms with E-state index in [2.05, 4.69) is 20.9 Å². The second kappa shape index (κ2) is 6.91. The molecule has 0 atom stereocenters. The second-order valence-corrected chi connectivity index (χ2v) is 5.99. The number of carboxylic acid groups (broad SMARTS) is 1. The third-order valence-electron chi connectivity index (χ3n) is 2.56. The van der Waals surface area contributed by atoms with Crippen molar-refractivity contribution in [1.82, 2.24) is 4.98 Å². The number of rotatable bonds is 6. The third kappa shape index (κ3) is 3.95. The molecule has 1 heterocycles. The highest BCUT2D eigenvalue weighted by atomic mass is 79.9. The largest absolute Gasteiger partial charge is 0.490 e. The first-order valence-electron chi connectivity index (χ1n) is 6.24. The number of aromatic nitrogens is 1. The van der Waals surface area contributed by atoms with E-state index in [1.165, 1.54) is 23.5 Å². The van der Waals surface area contributed by atoms with E-state index in [1.807, 2.05) is 19.2 Å². The van der Waals surface area contributed by atoms with Crippen LogP contribution in [0, 0.1) is 6.92 Å². The molecular formula is C14H14BrNO4S. The Balaban J connectivity index is 2.26. The summed E-state index contributed by atoms with van der Waals surface area (Å²) in [5.74, 6) is -0.133. The van der Waals surface area contributed by atoms with Gasteiger partial charge in [0.2, 0.25) is 0 Å². The molecule has 0 fully saturated rings. The van der Waals surface area contributed by atoms with Gasteiger partial charge in [-0.2, -0.15) is 0 Å². The second-order valence-electron chi connectivity index (χ2n) is 4.19. The van der Waals surface area contributed by atoms with Crippen LogP contribution >= 0.6 is 27.3 Å². The zero-order chi connectivity index (χ0) is 15.4. The van der Waals surface area contributed by atoms with Gasteiger partial charge in [0.1, 0.15) is 11.6 Å². The lowest BCUT2D eigenvalue weighted by atomic mass is 10.2. The Morgan fingerprint density at radius 3 is 2.76 bits per heavy atom. The maximum atomic E-state index is 11.1. The van der Waals surface area contributed by atoms with Crippen molar-refractivity contribution in [2.45, 2.75) is 20.5 Å². The van der Waals surface area contributed by atoms with E-state index in [1.54, 1.807) is 0 Å². The van der Waals surface area contributed by atoms with E-state index in [4.69, 9.17) is 14.6 Å². The molecule has 0 radical (unpaired) electrons. The topological polar surface area (TPSA) is 68.7 Å². The minimum atomic E-state index is -1.02. The van der Waals surface area contributed by atoms with Gasteiger partial charge in [0, 0.05) is 11.1 Å². The Kier molecular flexibility index (Phi) is 5.19. The van der Waals surface area contributed by atoms with E-state index < -0.39 is 5.97 Å². The summed E-state index contributed by atoms with van der Waals surface area (Å²) in [7, 11) is 0. The quantitative estimate of drug-likeness (QED) is 0.833. The van der Waals surface area contributed by atoms with Gasteiger partial charge in [0.25, 0.3) is 0 Å². The van der Waals surface area contributed by atoms with Gasteiger partial charge < -0.3 is 14.6 Å². The van der Waals surface area contributed by atoms with E-state index in [-0.39, 0.29) is 5.56 Å². The summed E-state index contributed by atoms with van der Waals surface area (Å²) in [5, 5.41) is 11.9. The first-order chi connectivity index (χ1) is 10.0. The summed E-state index contributed by atoms with van der Waals surface area (Å²) in [6.45, 7) is 4.48. The molecule has 2 rings (SSSR count). The summed E-state index contributed by atoms with van der Waals surface area (Å²) in [5.41, 5.74) is 1.09. The predicted molar refractivity (Wildman–Crippen MR) is 83.5 cm³/mol. The Morgan fingerprint density at radius 1 is 1.43 bits per heavy atom. The number of carboxylic acids is 1. The van der Waals surface area contributed by atoms with Crippen LogP contribution < -0.4 is 9.47 Å². The summed E-state index contributed by atoms with van der Waals surface area (Å²) >= 11 is 4.85. The summed E-state index contributed by atoms with van der Waals surface area (Å²) in [4.78, 5) is 15.4. The normalized spacial score (nSPS) is 10.4.